The van der Waals surface area contributed by atoms with Crippen molar-refractivity contribution in [3.05, 3.63) is 83.2 Å². The maximum Gasteiger partial charge on any atom is 0.339 e. The Morgan fingerprint density at radius 2 is 1.61 bits per heavy atom. The maximum absolute atomic E-state index is 11.6. The number of hydrogen-bond acceptors (Lipinski definition) is 2. The molecular weight excluding hydrogens is 288 g/mol. The van der Waals surface area contributed by atoms with Gasteiger partial charge in [0.2, 0.25) is 0 Å². The highest BCUT2D eigenvalue weighted by Gasteiger charge is 2.21. The first kappa shape index (κ1) is 15.0. The first-order chi connectivity index (χ1) is 11.2. The average Bonchev–Trinajstić information content (AvgIpc) is 2.91. The zero-order valence-electron chi connectivity index (χ0n) is 12.9. The molecule has 0 aliphatic rings. The molecular formula is C19H18N2O2. The Labute approximate surface area is 135 Å². The minimum Gasteiger partial charge on any atom is -0.478 e. The van der Waals surface area contributed by atoms with Gasteiger partial charge < -0.3 is 5.11 Å². The fraction of sp³-hybridized carbons (Fsp3) is 0.158. The Morgan fingerprint density at radius 3 is 2.22 bits per heavy atom. The fourth-order valence-corrected chi connectivity index (χ4v) is 2.74. The van der Waals surface area contributed by atoms with Crippen molar-refractivity contribution in [3.63, 3.8) is 0 Å². The normalized spacial score (nSPS) is 10.7. The van der Waals surface area contributed by atoms with Crippen molar-refractivity contribution >= 4 is 5.97 Å². The van der Waals surface area contributed by atoms with Gasteiger partial charge in [0.1, 0.15) is 5.56 Å². The number of benzene rings is 2. The number of aromatic nitrogens is 2. The third kappa shape index (κ3) is 3.16. The van der Waals surface area contributed by atoms with Crippen LogP contribution >= 0.6 is 0 Å². The second-order valence-electron chi connectivity index (χ2n) is 5.45. The zero-order valence-corrected chi connectivity index (χ0v) is 12.9. The number of carboxylic acid groups (broad SMARTS) is 1. The second-order valence-corrected chi connectivity index (χ2v) is 5.45. The molecule has 2 aromatic carbocycles. The molecule has 0 spiro atoms. The summed E-state index contributed by atoms with van der Waals surface area (Å²) in [6.07, 6.45) is 1.37. The van der Waals surface area contributed by atoms with E-state index in [9.17, 15) is 9.90 Å². The first-order valence-electron chi connectivity index (χ1n) is 7.58. The molecule has 1 N–H and O–H groups in total. The van der Waals surface area contributed by atoms with Crippen molar-refractivity contribution in [3.8, 4) is 5.69 Å². The second kappa shape index (κ2) is 6.48. The molecule has 0 atom stereocenters. The van der Waals surface area contributed by atoms with Crippen molar-refractivity contribution in [2.24, 2.45) is 0 Å². The van der Waals surface area contributed by atoms with E-state index in [1.807, 2.05) is 60.7 Å². The van der Waals surface area contributed by atoms with Gasteiger partial charge in [-0.3, -0.25) is 0 Å². The summed E-state index contributed by atoms with van der Waals surface area (Å²) in [6, 6.07) is 19.6. The molecule has 0 radical (unpaired) electrons. The molecule has 0 unspecified atom stereocenters. The number of para-hydroxylation sites is 1. The molecule has 0 saturated heterocycles. The fourth-order valence-electron chi connectivity index (χ4n) is 2.74. The highest BCUT2D eigenvalue weighted by molar-refractivity contribution is 5.90. The van der Waals surface area contributed by atoms with Crippen LogP contribution in [-0.4, -0.2) is 20.9 Å². The molecule has 3 aromatic rings. The molecule has 1 heterocycles. The van der Waals surface area contributed by atoms with Gasteiger partial charge in [-0.05, 0) is 37.5 Å². The van der Waals surface area contributed by atoms with E-state index < -0.39 is 5.97 Å². The van der Waals surface area contributed by atoms with Crippen molar-refractivity contribution in [2.75, 3.05) is 0 Å². The summed E-state index contributed by atoms with van der Waals surface area (Å²) < 4.78 is 1.71. The quantitative estimate of drug-likeness (QED) is 0.782. The maximum atomic E-state index is 11.6. The van der Waals surface area contributed by atoms with Crippen LogP contribution in [0.25, 0.3) is 5.69 Å². The first-order valence-corrected chi connectivity index (χ1v) is 7.58. The van der Waals surface area contributed by atoms with E-state index in [2.05, 4.69) is 5.10 Å². The summed E-state index contributed by atoms with van der Waals surface area (Å²) in [5, 5.41) is 14.1. The Hall–Kier alpha value is -2.88. The molecule has 0 aliphatic carbocycles. The molecule has 0 aliphatic heterocycles. The topological polar surface area (TPSA) is 55.1 Å². The Balaban J connectivity index is 1.95. The van der Waals surface area contributed by atoms with Gasteiger partial charge in [0, 0.05) is 0 Å². The molecule has 4 heteroatoms. The van der Waals surface area contributed by atoms with E-state index in [0.29, 0.717) is 23.4 Å². The monoisotopic (exact) mass is 306 g/mol. The summed E-state index contributed by atoms with van der Waals surface area (Å²) in [5.74, 6) is -0.923. The van der Waals surface area contributed by atoms with E-state index in [1.54, 1.807) is 11.6 Å². The standard InChI is InChI=1S/C19H18N2O2/c1-14-18(19(22)23)17(13-12-15-8-4-2-5-9-15)20-21(14)16-10-6-3-7-11-16/h2-11H,12-13H2,1H3,(H,22,23). The Kier molecular flexibility index (Phi) is 4.24. The van der Waals surface area contributed by atoms with Crippen molar-refractivity contribution in [1.82, 2.24) is 9.78 Å². The van der Waals surface area contributed by atoms with Gasteiger partial charge in [0.05, 0.1) is 17.1 Å². The van der Waals surface area contributed by atoms with Crippen LogP contribution in [-0.2, 0) is 12.8 Å². The Bertz CT molecular complexity index is 808. The number of aromatic carboxylic acids is 1. The van der Waals surface area contributed by atoms with Crippen LogP contribution < -0.4 is 0 Å². The van der Waals surface area contributed by atoms with Crippen LogP contribution in [0.3, 0.4) is 0 Å². The van der Waals surface area contributed by atoms with E-state index in [0.717, 1.165) is 12.1 Å². The van der Waals surface area contributed by atoms with Crippen molar-refractivity contribution in [2.45, 2.75) is 19.8 Å². The molecule has 0 amide bonds. The largest absolute Gasteiger partial charge is 0.478 e. The Morgan fingerprint density at radius 1 is 1.00 bits per heavy atom. The van der Waals surface area contributed by atoms with Crippen LogP contribution in [0.4, 0.5) is 0 Å². The third-order valence-electron chi connectivity index (χ3n) is 3.90. The molecule has 23 heavy (non-hydrogen) atoms. The van der Waals surface area contributed by atoms with E-state index >= 15 is 0 Å². The summed E-state index contributed by atoms with van der Waals surface area (Å²) in [6.45, 7) is 1.80. The minimum atomic E-state index is -0.923. The lowest BCUT2D eigenvalue weighted by atomic mass is 10.1. The predicted octanol–water partition coefficient (Wildman–Crippen LogP) is 3.66. The van der Waals surface area contributed by atoms with Gasteiger partial charge in [0.15, 0.2) is 0 Å². The minimum absolute atomic E-state index is 0.310. The molecule has 3 rings (SSSR count). The lowest BCUT2D eigenvalue weighted by Gasteiger charge is -2.03. The summed E-state index contributed by atoms with van der Waals surface area (Å²) in [7, 11) is 0. The number of carboxylic acids is 1. The molecule has 0 bridgehead atoms. The smallest absolute Gasteiger partial charge is 0.339 e. The van der Waals surface area contributed by atoms with Gasteiger partial charge in [0.25, 0.3) is 0 Å². The van der Waals surface area contributed by atoms with Crippen molar-refractivity contribution in [1.29, 1.82) is 0 Å². The summed E-state index contributed by atoms with van der Waals surface area (Å²) in [5.41, 5.74) is 3.65. The highest BCUT2D eigenvalue weighted by atomic mass is 16.4. The number of aryl methyl sites for hydroxylation is 2. The van der Waals surface area contributed by atoms with Gasteiger partial charge in [-0.15, -0.1) is 0 Å². The van der Waals surface area contributed by atoms with Gasteiger partial charge in [-0.2, -0.15) is 5.10 Å². The van der Waals surface area contributed by atoms with Gasteiger partial charge in [-0.1, -0.05) is 48.5 Å². The highest BCUT2D eigenvalue weighted by Crippen LogP contribution is 2.20. The number of rotatable bonds is 5. The molecule has 4 nitrogen and oxygen atoms in total. The average molecular weight is 306 g/mol. The van der Waals surface area contributed by atoms with E-state index in [4.69, 9.17) is 0 Å². The number of hydrogen-bond donors (Lipinski definition) is 1. The van der Waals surface area contributed by atoms with Crippen LogP contribution in [0.5, 0.6) is 0 Å². The molecule has 0 saturated carbocycles. The number of nitrogens with zero attached hydrogens (tertiary/aromatic N) is 2. The van der Waals surface area contributed by atoms with Crippen LogP contribution in [0.15, 0.2) is 60.7 Å². The third-order valence-corrected chi connectivity index (χ3v) is 3.90. The van der Waals surface area contributed by atoms with Crippen molar-refractivity contribution < 1.29 is 9.90 Å². The zero-order chi connectivity index (χ0) is 16.2. The van der Waals surface area contributed by atoms with Gasteiger partial charge in [-0.25, -0.2) is 9.48 Å². The molecule has 116 valence electrons. The van der Waals surface area contributed by atoms with E-state index in [-0.39, 0.29) is 0 Å². The van der Waals surface area contributed by atoms with E-state index in [1.165, 1.54) is 5.56 Å². The van der Waals surface area contributed by atoms with Gasteiger partial charge >= 0.3 is 5.97 Å². The lowest BCUT2D eigenvalue weighted by molar-refractivity contribution is 0.0695. The summed E-state index contributed by atoms with van der Waals surface area (Å²) in [4.78, 5) is 11.6. The van der Waals surface area contributed by atoms with Crippen LogP contribution in [0.1, 0.15) is 27.3 Å². The predicted molar refractivity (Wildman–Crippen MR) is 89.1 cm³/mol. The summed E-state index contributed by atoms with van der Waals surface area (Å²) >= 11 is 0. The van der Waals surface area contributed by atoms with Crippen LogP contribution in [0.2, 0.25) is 0 Å². The SMILES string of the molecule is Cc1c(C(=O)O)c(CCc2ccccc2)nn1-c1ccccc1. The molecule has 1 aromatic heterocycles. The van der Waals surface area contributed by atoms with Crippen LogP contribution in [0, 0.1) is 6.92 Å². The lowest BCUT2D eigenvalue weighted by Crippen LogP contribution is -2.03. The molecule has 0 fully saturated rings. The number of carbonyl (C=O) groups is 1.